The van der Waals surface area contributed by atoms with Crippen LogP contribution in [-0.4, -0.2) is 29.6 Å². The van der Waals surface area contributed by atoms with E-state index in [1.807, 2.05) is 0 Å². The van der Waals surface area contributed by atoms with E-state index in [4.69, 9.17) is 0 Å². The minimum atomic E-state index is -0.415. The fourth-order valence-electron chi connectivity index (χ4n) is 1.02. The molecule has 1 aromatic carbocycles. The Balaban J connectivity index is 2.36. The van der Waals surface area contributed by atoms with Gasteiger partial charge in [-0.15, -0.1) is 0 Å². The first-order valence-electron chi connectivity index (χ1n) is 3.78. The van der Waals surface area contributed by atoms with Gasteiger partial charge in [-0.1, -0.05) is 0 Å². The Hall–Kier alpha value is -1.52. The summed E-state index contributed by atoms with van der Waals surface area (Å²) in [5.74, 6) is 0. The molecule has 0 bridgehead atoms. The zero-order valence-electron chi connectivity index (χ0n) is 6.95. The van der Waals surface area contributed by atoms with Crippen molar-refractivity contribution in [2.45, 2.75) is 0 Å². The van der Waals surface area contributed by atoms with Crippen molar-refractivity contribution >= 4 is 20.2 Å². The summed E-state index contributed by atoms with van der Waals surface area (Å²) in [6, 6.07) is 6.36. The molecule has 0 radical (unpaired) electrons. The second kappa shape index (κ2) is 3.69. The molecule has 70 valence electrons. The SMILES string of the molecule is O=[N+]([O-])c1ccc(-c2nnc[se]2)cc1. The van der Waals surface area contributed by atoms with Crippen LogP contribution in [0.3, 0.4) is 0 Å². The van der Waals surface area contributed by atoms with Crippen molar-refractivity contribution in [3.63, 3.8) is 0 Å². The average molecular weight is 254 g/mol. The van der Waals surface area contributed by atoms with Crippen LogP contribution in [0.25, 0.3) is 10.1 Å². The maximum atomic E-state index is 10.4. The van der Waals surface area contributed by atoms with Crippen LogP contribution in [0.1, 0.15) is 0 Å². The third-order valence-electron chi connectivity index (χ3n) is 1.69. The Kier molecular flexibility index (Phi) is 2.39. The second-order valence-electron chi connectivity index (χ2n) is 2.55. The van der Waals surface area contributed by atoms with E-state index in [1.165, 1.54) is 12.1 Å². The maximum absolute atomic E-state index is 10.4. The van der Waals surface area contributed by atoms with Gasteiger partial charge in [-0.05, 0) is 0 Å². The van der Waals surface area contributed by atoms with Crippen LogP contribution < -0.4 is 0 Å². The molecule has 6 heteroatoms. The molecule has 0 atom stereocenters. The Morgan fingerprint density at radius 3 is 2.50 bits per heavy atom. The van der Waals surface area contributed by atoms with Crippen LogP contribution in [0.4, 0.5) is 5.69 Å². The van der Waals surface area contributed by atoms with Gasteiger partial charge in [0.1, 0.15) is 0 Å². The van der Waals surface area contributed by atoms with Crippen LogP contribution in [-0.2, 0) is 0 Å². The summed E-state index contributed by atoms with van der Waals surface area (Å²) in [6.45, 7) is 0. The molecule has 0 amide bonds. The Bertz CT molecular complexity index is 438. The fourth-order valence-corrected chi connectivity index (χ4v) is 2.20. The van der Waals surface area contributed by atoms with E-state index in [-0.39, 0.29) is 20.2 Å². The molecule has 0 N–H and O–H groups in total. The van der Waals surface area contributed by atoms with Crippen LogP contribution in [0.2, 0.25) is 0 Å². The topological polar surface area (TPSA) is 68.9 Å². The Labute approximate surface area is 85.3 Å². The summed E-state index contributed by atoms with van der Waals surface area (Å²) < 4.78 is 0.910. The standard InChI is InChI=1S/C8H5N3O2Se/c12-11(13)7-3-1-6(2-4-7)8-10-9-5-14-8/h1-5H. The van der Waals surface area contributed by atoms with Crippen molar-refractivity contribution in [1.82, 2.24) is 10.2 Å². The van der Waals surface area contributed by atoms with Crippen molar-refractivity contribution in [3.8, 4) is 10.1 Å². The van der Waals surface area contributed by atoms with E-state index in [1.54, 1.807) is 17.2 Å². The molecule has 0 spiro atoms. The molecular weight excluding hydrogens is 249 g/mol. The number of nitro groups is 1. The van der Waals surface area contributed by atoms with Crippen molar-refractivity contribution in [2.75, 3.05) is 0 Å². The minimum absolute atomic E-state index is 0.0979. The van der Waals surface area contributed by atoms with Gasteiger partial charge in [-0.2, -0.15) is 0 Å². The zero-order chi connectivity index (χ0) is 9.97. The van der Waals surface area contributed by atoms with Crippen LogP contribution in [0, 0.1) is 10.1 Å². The molecule has 5 nitrogen and oxygen atoms in total. The van der Waals surface area contributed by atoms with E-state index in [9.17, 15) is 10.1 Å². The molecule has 0 aliphatic heterocycles. The van der Waals surface area contributed by atoms with Crippen LogP contribution in [0.5, 0.6) is 0 Å². The second-order valence-corrected chi connectivity index (χ2v) is 4.30. The summed E-state index contributed by atoms with van der Waals surface area (Å²) in [7, 11) is 0. The average Bonchev–Trinajstić information content (AvgIpc) is 2.71. The first kappa shape index (κ1) is 9.05. The van der Waals surface area contributed by atoms with Crippen molar-refractivity contribution in [3.05, 3.63) is 39.5 Å². The van der Waals surface area contributed by atoms with Crippen molar-refractivity contribution < 1.29 is 4.92 Å². The van der Waals surface area contributed by atoms with Gasteiger partial charge in [-0.25, -0.2) is 0 Å². The van der Waals surface area contributed by atoms with Gasteiger partial charge in [0, 0.05) is 0 Å². The monoisotopic (exact) mass is 255 g/mol. The van der Waals surface area contributed by atoms with Crippen molar-refractivity contribution in [2.24, 2.45) is 0 Å². The molecule has 0 unspecified atom stereocenters. The van der Waals surface area contributed by atoms with Crippen LogP contribution >= 0.6 is 0 Å². The van der Waals surface area contributed by atoms with Gasteiger partial charge in [-0.3, -0.25) is 0 Å². The Morgan fingerprint density at radius 1 is 1.29 bits per heavy atom. The normalized spacial score (nSPS) is 10.0. The Morgan fingerprint density at radius 2 is 2.00 bits per heavy atom. The predicted octanol–water partition coefficient (Wildman–Crippen LogP) is 1.11. The molecule has 1 aromatic heterocycles. The van der Waals surface area contributed by atoms with Gasteiger partial charge in [0.25, 0.3) is 0 Å². The van der Waals surface area contributed by atoms with Gasteiger partial charge < -0.3 is 0 Å². The molecule has 14 heavy (non-hydrogen) atoms. The first-order valence-corrected chi connectivity index (χ1v) is 5.63. The first-order chi connectivity index (χ1) is 6.77. The number of aromatic nitrogens is 2. The fraction of sp³-hybridized carbons (Fsp3) is 0. The third-order valence-corrected chi connectivity index (χ3v) is 3.24. The molecular formula is C8H5N3O2Se. The van der Waals surface area contributed by atoms with Crippen molar-refractivity contribution in [1.29, 1.82) is 0 Å². The summed E-state index contributed by atoms with van der Waals surface area (Å²) in [5.41, 5.74) is 1.01. The molecule has 0 saturated heterocycles. The number of nitrogens with zero attached hydrogens (tertiary/aromatic N) is 3. The molecule has 1 heterocycles. The van der Waals surface area contributed by atoms with E-state index < -0.39 is 4.92 Å². The zero-order valence-corrected chi connectivity index (χ0v) is 8.67. The number of benzene rings is 1. The summed E-state index contributed by atoms with van der Waals surface area (Å²) in [5, 5.41) is 19.8. The van der Waals surface area contributed by atoms with Gasteiger partial charge in [0.2, 0.25) is 0 Å². The number of nitro benzene ring substituents is 1. The summed E-state index contributed by atoms with van der Waals surface area (Å²) >= 11 is 0.163. The summed E-state index contributed by atoms with van der Waals surface area (Å²) in [4.78, 5) is 9.97. The molecule has 2 aromatic rings. The number of non-ortho nitro benzene ring substituents is 1. The number of rotatable bonds is 2. The van der Waals surface area contributed by atoms with E-state index >= 15 is 0 Å². The number of hydrogen-bond donors (Lipinski definition) is 0. The number of hydrogen-bond acceptors (Lipinski definition) is 4. The van der Waals surface area contributed by atoms with E-state index in [2.05, 4.69) is 10.2 Å². The van der Waals surface area contributed by atoms with Crippen LogP contribution in [0.15, 0.2) is 29.3 Å². The van der Waals surface area contributed by atoms with E-state index in [0.29, 0.717) is 0 Å². The van der Waals surface area contributed by atoms with E-state index in [0.717, 1.165) is 10.1 Å². The van der Waals surface area contributed by atoms with Gasteiger partial charge >= 0.3 is 84.9 Å². The molecule has 0 aliphatic carbocycles. The van der Waals surface area contributed by atoms with Gasteiger partial charge in [0.05, 0.1) is 0 Å². The summed E-state index contributed by atoms with van der Waals surface area (Å²) in [6.07, 6.45) is 0. The van der Waals surface area contributed by atoms with Gasteiger partial charge in [0.15, 0.2) is 0 Å². The molecule has 0 saturated carbocycles. The molecule has 2 rings (SSSR count). The quantitative estimate of drug-likeness (QED) is 0.457. The molecule has 0 fully saturated rings. The molecule has 0 aliphatic rings. The predicted molar refractivity (Wildman–Crippen MR) is 51.1 cm³/mol. The third kappa shape index (κ3) is 1.71.